The first kappa shape index (κ1) is 17.7. The van der Waals surface area contributed by atoms with Gasteiger partial charge in [0.1, 0.15) is 0 Å². The van der Waals surface area contributed by atoms with Gasteiger partial charge in [-0.2, -0.15) is 0 Å². The normalized spacial score (nSPS) is 18.7. The maximum Gasteiger partial charge on any atom is 0.494 e. The van der Waals surface area contributed by atoms with Gasteiger partial charge >= 0.3 is 13.1 Å². The summed E-state index contributed by atoms with van der Waals surface area (Å²) in [7, 11) is 0.960. The van der Waals surface area contributed by atoms with Gasteiger partial charge in [0.2, 0.25) is 0 Å². The summed E-state index contributed by atoms with van der Waals surface area (Å²) < 4.78 is 16.5. The Morgan fingerprint density at radius 2 is 1.43 bits per heavy atom. The molecule has 0 saturated carbocycles. The third-order valence-corrected chi connectivity index (χ3v) is 3.86. The van der Waals surface area contributed by atoms with E-state index in [0.717, 1.165) is 5.46 Å². The molecule has 0 aliphatic carbocycles. The van der Waals surface area contributed by atoms with Crippen molar-refractivity contribution in [1.82, 2.24) is 0 Å². The van der Waals surface area contributed by atoms with Gasteiger partial charge in [-0.25, -0.2) is 4.79 Å². The minimum absolute atomic E-state index is 0.347. The molecule has 4 nitrogen and oxygen atoms in total. The van der Waals surface area contributed by atoms with Crippen LogP contribution in [0.1, 0.15) is 51.9 Å². The molecular formula is C16H25BO4. The Kier molecular flexibility index (Phi) is 5.59. The molecule has 1 aromatic rings. The molecule has 0 N–H and O–H groups in total. The van der Waals surface area contributed by atoms with E-state index in [4.69, 9.17) is 9.31 Å². The van der Waals surface area contributed by atoms with Crippen molar-refractivity contribution < 1.29 is 18.8 Å². The van der Waals surface area contributed by atoms with Gasteiger partial charge in [0.05, 0.1) is 23.9 Å². The Bertz CT molecular complexity index is 464. The Morgan fingerprint density at radius 1 is 1.00 bits per heavy atom. The largest absolute Gasteiger partial charge is 0.494 e. The van der Waals surface area contributed by atoms with Gasteiger partial charge < -0.3 is 14.0 Å². The first-order chi connectivity index (χ1) is 9.77. The average molecular weight is 292 g/mol. The lowest BCUT2D eigenvalue weighted by Crippen LogP contribution is -2.41. The summed E-state index contributed by atoms with van der Waals surface area (Å²) in [6, 6.07) is 7.08. The van der Waals surface area contributed by atoms with E-state index in [9.17, 15) is 4.79 Å². The Hall–Kier alpha value is -1.33. The maximum absolute atomic E-state index is 11.4. The van der Waals surface area contributed by atoms with E-state index < -0.39 is 7.12 Å². The summed E-state index contributed by atoms with van der Waals surface area (Å²) in [4.78, 5) is 11.4. The van der Waals surface area contributed by atoms with Crippen LogP contribution in [-0.4, -0.2) is 31.4 Å². The van der Waals surface area contributed by atoms with E-state index in [1.54, 1.807) is 12.1 Å². The van der Waals surface area contributed by atoms with Crippen molar-refractivity contribution in [2.45, 2.75) is 52.7 Å². The summed E-state index contributed by atoms with van der Waals surface area (Å²) >= 11 is 0. The third-order valence-electron chi connectivity index (χ3n) is 3.86. The molecule has 1 aromatic carbocycles. The summed E-state index contributed by atoms with van der Waals surface area (Å²) in [5, 5.41) is 0. The molecule has 1 aliphatic rings. The summed E-state index contributed by atoms with van der Waals surface area (Å²) in [6.07, 6.45) is 0. The molecule has 0 unspecified atom stereocenters. The maximum atomic E-state index is 11.4. The molecule has 1 heterocycles. The molecule has 0 spiro atoms. The molecule has 0 amide bonds. The zero-order valence-electron chi connectivity index (χ0n) is 14.0. The van der Waals surface area contributed by atoms with E-state index in [1.807, 2.05) is 53.7 Å². The van der Waals surface area contributed by atoms with Gasteiger partial charge in [0.15, 0.2) is 0 Å². The number of carbonyl (C=O) groups excluding carboxylic acids is 1. The second-order valence-electron chi connectivity index (χ2n) is 5.70. The quantitative estimate of drug-likeness (QED) is 0.621. The van der Waals surface area contributed by atoms with E-state index in [2.05, 4.69) is 4.74 Å². The van der Waals surface area contributed by atoms with E-state index in [1.165, 1.54) is 7.11 Å². The van der Waals surface area contributed by atoms with Crippen molar-refractivity contribution in [1.29, 1.82) is 0 Å². The molecule has 21 heavy (non-hydrogen) atoms. The average Bonchev–Trinajstić information content (AvgIpc) is 2.69. The van der Waals surface area contributed by atoms with Gasteiger partial charge in [0, 0.05) is 0 Å². The fourth-order valence-corrected chi connectivity index (χ4v) is 1.87. The van der Waals surface area contributed by atoms with Crippen LogP contribution < -0.4 is 5.46 Å². The predicted octanol–water partition coefficient (Wildman–Crippen LogP) is 2.80. The minimum atomic E-state index is -0.406. The summed E-state index contributed by atoms with van der Waals surface area (Å²) in [5.41, 5.74) is 0.686. The molecule has 5 heteroatoms. The molecule has 0 radical (unpaired) electrons. The summed E-state index contributed by atoms with van der Waals surface area (Å²) in [5.74, 6) is -0.347. The molecular weight excluding hydrogens is 267 g/mol. The van der Waals surface area contributed by atoms with Crippen molar-refractivity contribution in [2.24, 2.45) is 0 Å². The fraction of sp³-hybridized carbons (Fsp3) is 0.562. The Morgan fingerprint density at radius 3 is 1.81 bits per heavy atom. The molecule has 1 saturated heterocycles. The van der Waals surface area contributed by atoms with Gasteiger partial charge in [-0.15, -0.1) is 0 Å². The molecule has 0 aromatic heterocycles. The lowest BCUT2D eigenvalue weighted by Gasteiger charge is -2.32. The van der Waals surface area contributed by atoms with Crippen LogP contribution in [-0.2, 0) is 14.0 Å². The molecule has 116 valence electrons. The van der Waals surface area contributed by atoms with Crippen molar-refractivity contribution in [3.05, 3.63) is 29.8 Å². The zero-order chi connectivity index (χ0) is 16.3. The second kappa shape index (κ2) is 6.63. The SMILES string of the molecule is CC.COC(=O)c1ccc(B2OC(C)(C)C(C)(C)O2)cc1. The van der Waals surface area contributed by atoms with Crippen molar-refractivity contribution in [3.63, 3.8) is 0 Å². The zero-order valence-corrected chi connectivity index (χ0v) is 14.0. The van der Waals surface area contributed by atoms with Gasteiger partial charge in [-0.1, -0.05) is 26.0 Å². The topological polar surface area (TPSA) is 44.8 Å². The smallest absolute Gasteiger partial charge is 0.465 e. The van der Waals surface area contributed by atoms with Crippen LogP contribution >= 0.6 is 0 Å². The Balaban J connectivity index is 0.00000106. The molecule has 0 bridgehead atoms. The fourth-order valence-electron chi connectivity index (χ4n) is 1.87. The van der Waals surface area contributed by atoms with Crippen LogP contribution in [0, 0.1) is 0 Å². The third kappa shape index (κ3) is 3.66. The number of methoxy groups -OCH3 is 1. The number of hydrogen-bond acceptors (Lipinski definition) is 4. The van der Waals surface area contributed by atoms with Crippen LogP contribution in [0.5, 0.6) is 0 Å². The first-order valence-electron chi connectivity index (χ1n) is 7.31. The van der Waals surface area contributed by atoms with Crippen LogP contribution in [0.25, 0.3) is 0 Å². The second-order valence-corrected chi connectivity index (χ2v) is 5.70. The highest BCUT2D eigenvalue weighted by Gasteiger charge is 2.51. The number of rotatable bonds is 2. The van der Waals surface area contributed by atoms with Crippen LogP contribution in [0.15, 0.2) is 24.3 Å². The van der Waals surface area contributed by atoms with Crippen LogP contribution in [0.2, 0.25) is 0 Å². The van der Waals surface area contributed by atoms with Gasteiger partial charge in [-0.05, 0) is 45.3 Å². The van der Waals surface area contributed by atoms with E-state index in [-0.39, 0.29) is 17.2 Å². The molecule has 1 aliphatic heterocycles. The molecule has 1 fully saturated rings. The number of hydrogen-bond donors (Lipinski definition) is 0. The number of benzene rings is 1. The standard InChI is InChI=1S/C14H19BO4.C2H6/c1-13(2)14(3,4)19-15(18-13)11-8-6-10(7-9-11)12(16)17-5;1-2/h6-9H,1-5H3;1-2H3. The predicted molar refractivity (Wildman–Crippen MR) is 84.8 cm³/mol. The first-order valence-corrected chi connectivity index (χ1v) is 7.31. The summed E-state index contributed by atoms with van der Waals surface area (Å²) in [6.45, 7) is 12.0. The van der Waals surface area contributed by atoms with Crippen LogP contribution in [0.4, 0.5) is 0 Å². The number of ether oxygens (including phenoxy) is 1. The van der Waals surface area contributed by atoms with E-state index >= 15 is 0 Å². The van der Waals surface area contributed by atoms with Crippen molar-refractivity contribution in [2.75, 3.05) is 7.11 Å². The van der Waals surface area contributed by atoms with Crippen LogP contribution in [0.3, 0.4) is 0 Å². The van der Waals surface area contributed by atoms with E-state index in [0.29, 0.717) is 5.56 Å². The minimum Gasteiger partial charge on any atom is -0.465 e. The van der Waals surface area contributed by atoms with Crippen molar-refractivity contribution >= 4 is 18.6 Å². The number of esters is 1. The number of carbonyl (C=O) groups is 1. The van der Waals surface area contributed by atoms with Gasteiger partial charge in [0.25, 0.3) is 0 Å². The highest BCUT2D eigenvalue weighted by atomic mass is 16.7. The van der Waals surface area contributed by atoms with Gasteiger partial charge in [-0.3, -0.25) is 0 Å². The Labute approximate surface area is 127 Å². The lowest BCUT2D eigenvalue weighted by atomic mass is 9.79. The lowest BCUT2D eigenvalue weighted by molar-refractivity contribution is 0.00578. The van der Waals surface area contributed by atoms with Crippen molar-refractivity contribution in [3.8, 4) is 0 Å². The highest BCUT2D eigenvalue weighted by molar-refractivity contribution is 6.62. The monoisotopic (exact) mass is 292 g/mol. The highest BCUT2D eigenvalue weighted by Crippen LogP contribution is 2.36. The molecule has 0 atom stereocenters. The molecule has 2 rings (SSSR count).